The number of hydrogen-bond donors (Lipinski definition) is 0. The van der Waals surface area contributed by atoms with Crippen LogP contribution in [0.25, 0.3) is 0 Å². The molecule has 0 bridgehead atoms. The van der Waals surface area contributed by atoms with Gasteiger partial charge in [0.05, 0.1) is 6.61 Å². The molecule has 0 aliphatic carbocycles. The molecule has 4 heteroatoms. The van der Waals surface area contributed by atoms with Gasteiger partial charge in [0.1, 0.15) is 12.4 Å². The number of ether oxygens (including phenoxy) is 3. The first-order valence-corrected chi connectivity index (χ1v) is 5.72. The van der Waals surface area contributed by atoms with Gasteiger partial charge in [0, 0.05) is 6.61 Å². The molecule has 1 aromatic rings. The number of benzene rings is 1. The molecular weight excluding hydrogens is 220 g/mol. The van der Waals surface area contributed by atoms with Gasteiger partial charge in [-0.25, -0.2) is 4.79 Å². The minimum absolute atomic E-state index is 0.213. The van der Waals surface area contributed by atoms with Crippen LogP contribution in [0, 0.1) is 6.92 Å². The molecule has 0 aliphatic rings. The highest BCUT2D eigenvalue weighted by molar-refractivity contribution is 5.64. The summed E-state index contributed by atoms with van der Waals surface area (Å²) in [6.07, 6.45) is 0.257. The van der Waals surface area contributed by atoms with E-state index in [0.717, 1.165) is 12.0 Å². The van der Waals surface area contributed by atoms with E-state index >= 15 is 0 Å². The highest BCUT2D eigenvalue weighted by Crippen LogP contribution is 2.16. The van der Waals surface area contributed by atoms with Crippen LogP contribution in [0.3, 0.4) is 0 Å². The van der Waals surface area contributed by atoms with Gasteiger partial charge < -0.3 is 14.2 Å². The van der Waals surface area contributed by atoms with Gasteiger partial charge in [-0.15, -0.1) is 0 Å². The zero-order valence-corrected chi connectivity index (χ0v) is 10.3. The van der Waals surface area contributed by atoms with E-state index in [1.165, 1.54) is 0 Å². The maximum atomic E-state index is 11.3. The molecule has 0 amide bonds. The Morgan fingerprint density at radius 2 is 1.94 bits per heavy atom. The van der Waals surface area contributed by atoms with Crippen LogP contribution in [0.2, 0.25) is 0 Å². The smallest absolute Gasteiger partial charge is 0.432 e. The van der Waals surface area contributed by atoms with Crippen molar-refractivity contribution in [3.63, 3.8) is 0 Å². The Bertz CT molecular complexity index is 349. The summed E-state index contributed by atoms with van der Waals surface area (Å²) in [5.74, 6) is 0.520. The molecule has 0 spiro atoms. The summed E-state index contributed by atoms with van der Waals surface area (Å²) in [5.41, 5.74) is 0.895. The van der Waals surface area contributed by atoms with E-state index < -0.39 is 6.16 Å². The lowest BCUT2D eigenvalue weighted by molar-refractivity contribution is 0.0521. The summed E-state index contributed by atoms with van der Waals surface area (Å²) < 4.78 is 15.1. The number of rotatable bonds is 6. The molecule has 0 fully saturated rings. The minimum atomic E-state index is -0.695. The van der Waals surface area contributed by atoms with E-state index in [4.69, 9.17) is 14.2 Å². The zero-order valence-electron chi connectivity index (χ0n) is 10.3. The van der Waals surface area contributed by atoms with Crippen LogP contribution in [0.15, 0.2) is 24.3 Å². The van der Waals surface area contributed by atoms with Crippen molar-refractivity contribution < 1.29 is 19.0 Å². The van der Waals surface area contributed by atoms with Gasteiger partial charge in [-0.3, -0.25) is 0 Å². The minimum Gasteiger partial charge on any atom is -0.432 e. The van der Waals surface area contributed by atoms with Gasteiger partial charge >= 0.3 is 6.16 Å². The van der Waals surface area contributed by atoms with Gasteiger partial charge in [0.15, 0.2) is 0 Å². The molecule has 1 rings (SSSR count). The molecule has 0 unspecified atom stereocenters. The van der Waals surface area contributed by atoms with Crippen molar-refractivity contribution in [2.75, 3.05) is 19.8 Å². The summed E-state index contributed by atoms with van der Waals surface area (Å²) >= 11 is 0. The summed E-state index contributed by atoms with van der Waals surface area (Å²) in [5, 5.41) is 0. The number of hydrogen-bond acceptors (Lipinski definition) is 4. The highest BCUT2D eigenvalue weighted by Gasteiger charge is 2.07. The van der Waals surface area contributed by atoms with Crippen LogP contribution in [-0.2, 0) is 9.47 Å². The first kappa shape index (κ1) is 13.5. The molecule has 0 aromatic heterocycles. The predicted molar refractivity (Wildman–Crippen MR) is 64.3 cm³/mol. The lowest BCUT2D eigenvalue weighted by Gasteiger charge is -2.07. The lowest BCUT2D eigenvalue weighted by Crippen LogP contribution is -2.15. The van der Waals surface area contributed by atoms with E-state index in [9.17, 15) is 4.79 Å². The molecule has 94 valence electrons. The molecule has 0 heterocycles. The average Bonchev–Trinajstić information content (AvgIpc) is 2.32. The zero-order chi connectivity index (χ0) is 12.5. The van der Waals surface area contributed by atoms with Gasteiger partial charge in [-0.1, -0.05) is 25.1 Å². The number of carbonyl (C=O) groups is 1. The van der Waals surface area contributed by atoms with Crippen molar-refractivity contribution in [1.29, 1.82) is 0 Å². The summed E-state index contributed by atoms with van der Waals surface area (Å²) in [6, 6.07) is 7.28. The molecular formula is C13H18O4. The monoisotopic (exact) mass is 238 g/mol. The lowest BCUT2D eigenvalue weighted by atomic mass is 10.2. The third-order valence-corrected chi connectivity index (χ3v) is 2.08. The fourth-order valence-electron chi connectivity index (χ4n) is 1.22. The SMILES string of the molecule is CCCOCCOC(=O)Oc1ccccc1C. The Morgan fingerprint density at radius 1 is 1.18 bits per heavy atom. The van der Waals surface area contributed by atoms with Gasteiger partial charge in [-0.05, 0) is 25.0 Å². The molecule has 0 atom stereocenters. The molecule has 0 saturated carbocycles. The second kappa shape index (κ2) is 7.68. The topological polar surface area (TPSA) is 44.8 Å². The standard InChI is InChI=1S/C13H18O4/c1-3-8-15-9-10-16-13(14)17-12-7-5-4-6-11(12)2/h4-7H,3,8-10H2,1-2H3. The van der Waals surface area contributed by atoms with Crippen molar-refractivity contribution in [3.8, 4) is 5.75 Å². The van der Waals surface area contributed by atoms with Gasteiger partial charge in [-0.2, -0.15) is 0 Å². The summed E-state index contributed by atoms with van der Waals surface area (Å²) in [6.45, 7) is 5.18. The van der Waals surface area contributed by atoms with Gasteiger partial charge in [0.25, 0.3) is 0 Å². The van der Waals surface area contributed by atoms with Crippen molar-refractivity contribution in [3.05, 3.63) is 29.8 Å². The Kier molecular flexibility index (Phi) is 6.10. The average molecular weight is 238 g/mol. The Labute approximate surface area is 101 Å². The van der Waals surface area contributed by atoms with Crippen LogP contribution in [-0.4, -0.2) is 26.0 Å². The first-order chi connectivity index (χ1) is 8.24. The largest absolute Gasteiger partial charge is 0.513 e. The molecule has 4 nitrogen and oxygen atoms in total. The summed E-state index contributed by atoms with van der Waals surface area (Å²) in [4.78, 5) is 11.3. The molecule has 0 N–H and O–H groups in total. The number of aryl methyl sites for hydroxylation is 1. The summed E-state index contributed by atoms with van der Waals surface area (Å²) in [7, 11) is 0. The fraction of sp³-hybridized carbons (Fsp3) is 0.462. The molecule has 0 aliphatic heterocycles. The maximum absolute atomic E-state index is 11.3. The second-order valence-corrected chi connectivity index (χ2v) is 3.58. The van der Waals surface area contributed by atoms with Crippen molar-refractivity contribution in [2.24, 2.45) is 0 Å². The van der Waals surface area contributed by atoms with Crippen LogP contribution >= 0.6 is 0 Å². The van der Waals surface area contributed by atoms with E-state index in [1.807, 2.05) is 26.0 Å². The second-order valence-electron chi connectivity index (χ2n) is 3.58. The maximum Gasteiger partial charge on any atom is 0.513 e. The third-order valence-electron chi connectivity index (χ3n) is 2.08. The predicted octanol–water partition coefficient (Wildman–Crippen LogP) is 2.94. The number of carbonyl (C=O) groups excluding carboxylic acids is 1. The normalized spacial score (nSPS) is 10.0. The molecule has 0 radical (unpaired) electrons. The van der Waals surface area contributed by atoms with Crippen molar-refractivity contribution >= 4 is 6.16 Å². The Hall–Kier alpha value is -1.55. The Balaban J connectivity index is 2.23. The number of para-hydroxylation sites is 1. The molecule has 1 aromatic carbocycles. The molecule has 17 heavy (non-hydrogen) atoms. The third kappa shape index (κ3) is 5.36. The van der Waals surface area contributed by atoms with Crippen LogP contribution in [0.1, 0.15) is 18.9 Å². The van der Waals surface area contributed by atoms with Crippen LogP contribution in [0.5, 0.6) is 5.75 Å². The van der Waals surface area contributed by atoms with Crippen LogP contribution < -0.4 is 4.74 Å². The van der Waals surface area contributed by atoms with E-state index in [2.05, 4.69) is 0 Å². The van der Waals surface area contributed by atoms with E-state index in [0.29, 0.717) is 19.0 Å². The van der Waals surface area contributed by atoms with Gasteiger partial charge in [0.2, 0.25) is 0 Å². The van der Waals surface area contributed by atoms with E-state index in [-0.39, 0.29) is 6.61 Å². The Morgan fingerprint density at radius 3 is 2.65 bits per heavy atom. The van der Waals surface area contributed by atoms with Crippen molar-refractivity contribution in [2.45, 2.75) is 20.3 Å². The van der Waals surface area contributed by atoms with Crippen LogP contribution in [0.4, 0.5) is 4.79 Å². The highest BCUT2D eigenvalue weighted by atomic mass is 16.7. The van der Waals surface area contributed by atoms with Crippen molar-refractivity contribution in [1.82, 2.24) is 0 Å². The molecule has 0 saturated heterocycles. The first-order valence-electron chi connectivity index (χ1n) is 5.72. The quantitative estimate of drug-likeness (QED) is 0.434. The van der Waals surface area contributed by atoms with E-state index in [1.54, 1.807) is 12.1 Å². The fourth-order valence-corrected chi connectivity index (χ4v) is 1.22.